The molecule has 0 unspecified atom stereocenters. The van der Waals surface area contributed by atoms with Crippen molar-refractivity contribution in [3.8, 4) is 0 Å². The number of hydrogen-bond acceptors (Lipinski definition) is 7. The summed E-state index contributed by atoms with van der Waals surface area (Å²) >= 11 is 0. The zero-order valence-electron chi connectivity index (χ0n) is 23.2. The molecule has 0 aliphatic rings. The van der Waals surface area contributed by atoms with Crippen LogP contribution in [0, 0.1) is 0 Å². The molecule has 41 heavy (non-hydrogen) atoms. The fourth-order valence-electron chi connectivity index (χ4n) is 3.87. The first-order chi connectivity index (χ1) is 19.2. The smallest absolute Gasteiger partial charge is 0.407 e. The average Bonchev–Trinajstić information content (AvgIpc) is 2.89. The van der Waals surface area contributed by atoms with Crippen LogP contribution in [-0.2, 0) is 36.8 Å². The number of carbonyl (C=O) groups is 5. The molecule has 12 heteroatoms. The van der Waals surface area contributed by atoms with E-state index in [2.05, 4.69) is 16.0 Å². The van der Waals surface area contributed by atoms with Gasteiger partial charge in [-0.15, -0.1) is 0 Å². The zero-order chi connectivity index (χ0) is 30.6. The van der Waals surface area contributed by atoms with E-state index < -0.39 is 66.1 Å². The molecule has 0 aliphatic carbocycles. The molecular weight excluding hydrogens is 534 g/mol. The van der Waals surface area contributed by atoms with Crippen molar-refractivity contribution < 1.29 is 44.0 Å². The summed E-state index contributed by atoms with van der Waals surface area (Å²) in [6.07, 6.45) is -3.67. The summed E-state index contributed by atoms with van der Waals surface area (Å²) < 4.78 is 5.26. The lowest BCUT2D eigenvalue weighted by Gasteiger charge is -2.28. The highest BCUT2D eigenvalue weighted by Crippen LogP contribution is 2.12. The molecule has 4 atom stereocenters. The molecule has 12 nitrogen and oxygen atoms in total. The molecule has 0 spiro atoms. The van der Waals surface area contributed by atoms with Crippen molar-refractivity contribution in [2.24, 2.45) is 0 Å². The van der Waals surface area contributed by atoms with Crippen LogP contribution < -0.4 is 16.0 Å². The third-order valence-corrected chi connectivity index (χ3v) is 5.83. The lowest BCUT2D eigenvalue weighted by atomic mass is 10.00. The molecule has 0 aromatic heterocycles. The maximum absolute atomic E-state index is 13.1. The van der Waals surface area contributed by atoms with Crippen molar-refractivity contribution in [1.29, 1.82) is 0 Å². The van der Waals surface area contributed by atoms with Crippen LogP contribution in [0.5, 0.6) is 0 Å². The predicted molar refractivity (Wildman–Crippen MR) is 148 cm³/mol. The Morgan fingerprint density at radius 2 is 1.27 bits per heavy atom. The Labute approximate surface area is 238 Å². The fourth-order valence-corrected chi connectivity index (χ4v) is 3.87. The molecule has 222 valence electrons. The predicted octanol–water partition coefficient (Wildman–Crippen LogP) is 1.65. The van der Waals surface area contributed by atoms with E-state index >= 15 is 0 Å². The number of hydrogen-bond donors (Lipinski definition) is 6. The van der Waals surface area contributed by atoms with Crippen molar-refractivity contribution in [1.82, 2.24) is 16.0 Å². The Bertz CT molecular complexity index is 1180. The average molecular weight is 572 g/mol. The van der Waals surface area contributed by atoms with Crippen LogP contribution in [0.2, 0.25) is 0 Å². The van der Waals surface area contributed by atoms with Gasteiger partial charge in [0.25, 0.3) is 5.91 Å². The summed E-state index contributed by atoms with van der Waals surface area (Å²) in [5.74, 6) is -4.57. The van der Waals surface area contributed by atoms with E-state index in [-0.39, 0.29) is 19.3 Å². The molecule has 3 amide bonds. The van der Waals surface area contributed by atoms with Gasteiger partial charge in [0, 0.05) is 12.8 Å². The highest BCUT2D eigenvalue weighted by Gasteiger charge is 2.33. The number of carboxylic acid groups (broad SMARTS) is 2. The van der Waals surface area contributed by atoms with E-state index in [1.165, 1.54) is 0 Å². The first kappa shape index (κ1) is 32.8. The molecule has 0 aliphatic heterocycles. The number of amides is 3. The van der Waals surface area contributed by atoms with Gasteiger partial charge in [0.05, 0.1) is 6.04 Å². The topological polar surface area (TPSA) is 191 Å². The fraction of sp³-hybridized carbons (Fsp3) is 0.414. The zero-order valence-corrected chi connectivity index (χ0v) is 23.2. The van der Waals surface area contributed by atoms with Gasteiger partial charge in [-0.05, 0) is 44.7 Å². The standard InChI is InChI=1S/C29H37N3O9/c1-29(2,3)41-28(40)32-21(16-18-10-6-4-7-11-18)24(35)26(37)30-20(14-15-23(33)34)25(36)31-22(27(38)39)17-19-12-8-5-9-13-19/h4-13,20-22,24,35H,14-17H2,1-3H3,(H,30,37)(H,31,36)(H,32,40)(H,33,34)(H,38,39)/t20-,21-,22-,24-/m0/s1. The maximum atomic E-state index is 13.1. The van der Waals surface area contributed by atoms with Crippen molar-refractivity contribution in [2.45, 2.75) is 76.3 Å². The Balaban J connectivity index is 2.21. The van der Waals surface area contributed by atoms with E-state index in [1.54, 1.807) is 81.4 Å². The molecule has 0 heterocycles. The summed E-state index contributed by atoms with van der Waals surface area (Å²) in [5.41, 5.74) is 0.471. The summed E-state index contributed by atoms with van der Waals surface area (Å²) in [6, 6.07) is 13.3. The van der Waals surface area contributed by atoms with Crippen molar-refractivity contribution in [2.75, 3.05) is 0 Å². The van der Waals surface area contributed by atoms with Gasteiger partial charge in [-0.1, -0.05) is 60.7 Å². The van der Waals surface area contributed by atoms with Crippen LogP contribution >= 0.6 is 0 Å². The van der Waals surface area contributed by atoms with Crippen LogP contribution in [-0.4, -0.2) is 75.0 Å². The first-order valence-electron chi connectivity index (χ1n) is 13.1. The highest BCUT2D eigenvalue weighted by atomic mass is 16.6. The molecule has 2 rings (SSSR count). The van der Waals surface area contributed by atoms with E-state index in [1.807, 2.05) is 0 Å². The number of aliphatic hydroxyl groups is 1. The largest absolute Gasteiger partial charge is 0.481 e. The van der Waals surface area contributed by atoms with E-state index in [9.17, 15) is 34.2 Å². The Hall–Kier alpha value is -4.45. The van der Waals surface area contributed by atoms with Crippen LogP contribution in [0.1, 0.15) is 44.7 Å². The van der Waals surface area contributed by atoms with Gasteiger partial charge in [0.1, 0.15) is 17.7 Å². The van der Waals surface area contributed by atoms with Gasteiger partial charge in [-0.2, -0.15) is 0 Å². The molecule has 0 bridgehead atoms. The normalized spacial score (nSPS) is 14.0. The van der Waals surface area contributed by atoms with Gasteiger partial charge in [0.2, 0.25) is 5.91 Å². The summed E-state index contributed by atoms with van der Waals surface area (Å²) in [4.78, 5) is 61.7. The van der Waals surface area contributed by atoms with Crippen LogP contribution in [0.3, 0.4) is 0 Å². The number of nitrogens with one attached hydrogen (secondary N) is 3. The molecular formula is C29H37N3O9. The maximum Gasteiger partial charge on any atom is 0.407 e. The van der Waals surface area contributed by atoms with Gasteiger partial charge in [-0.3, -0.25) is 14.4 Å². The number of carboxylic acids is 2. The third kappa shape index (κ3) is 12.1. The molecule has 0 saturated carbocycles. The van der Waals surface area contributed by atoms with Gasteiger partial charge in [0.15, 0.2) is 6.10 Å². The van der Waals surface area contributed by atoms with Crippen molar-refractivity contribution in [3.05, 3.63) is 71.8 Å². The monoisotopic (exact) mass is 571 g/mol. The number of aliphatic hydroxyl groups excluding tert-OH is 1. The molecule has 0 radical (unpaired) electrons. The number of rotatable bonds is 14. The third-order valence-electron chi connectivity index (χ3n) is 5.83. The summed E-state index contributed by atoms with van der Waals surface area (Å²) in [7, 11) is 0. The minimum atomic E-state index is -1.87. The van der Waals surface area contributed by atoms with E-state index in [0.29, 0.717) is 11.1 Å². The number of aliphatic carboxylic acids is 2. The minimum Gasteiger partial charge on any atom is -0.481 e. The minimum absolute atomic E-state index is 0.0266. The van der Waals surface area contributed by atoms with E-state index in [0.717, 1.165) is 0 Å². The van der Waals surface area contributed by atoms with E-state index in [4.69, 9.17) is 9.84 Å². The molecule has 2 aromatic carbocycles. The SMILES string of the molecule is CC(C)(C)OC(=O)N[C@@H](Cc1ccccc1)[C@H](O)C(=O)N[C@@H](CCC(=O)O)C(=O)N[C@@H](Cc1ccccc1)C(=O)O. The summed E-state index contributed by atoms with van der Waals surface area (Å²) in [5, 5.41) is 36.9. The molecule has 6 N–H and O–H groups in total. The van der Waals surface area contributed by atoms with Crippen LogP contribution in [0.4, 0.5) is 4.79 Å². The summed E-state index contributed by atoms with van der Waals surface area (Å²) in [6.45, 7) is 4.95. The highest BCUT2D eigenvalue weighted by molar-refractivity contribution is 5.92. The second-order valence-electron chi connectivity index (χ2n) is 10.5. The van der Waals surface area contributed by atoms with Crippen LogP contribution in [0.15, 0.2) is 60.7 Å². The number of alkyl carbamates (subject to hydrolysis) is 1. The van der Waals surface area contributed by atoms with Crippen molar-refractivity contribution >= 4 is 29.8 Å². The number of ether oxygens (including phenoxy) is 1. The first-order valence-corrected chi connectivity index (χ1v) is 13.1. The number of carbonyl (C=O) groups excluding carboxylic acids is 3. The lowest BCUT2D eigenvalue weighted by molar-refractivity contribution is -0.143. The van der Waals surface area contributed by atoms with Gasteiger partial charge < -0.3 is 36.0 Å². The van der Waals surface area contributed by atoms with Gasteiger partial charge in [-0.25, -0.2) is 9.59 Å². The second kappa shape index (κ2) is 15.4. The Morgan fingerprint density at radius 1 is 0.756 bits per heavy atom. The molecule has 0 saturated heterocycles. The number of benzene rings is 2. The lowest BCUT2D eigenvalue weighted by Crippen LogP contribution is -2.57. The van der Waals surface area contributed by atoms with Crippen LogP contribution in [0.25, 0.3) is 0 Å². The van der Waals surface area contributed by atoms with Crippen molar-refractivity contribution in [3.63, 3.8) is 0 Å². The Kier molecular flexibility index (Phi) is 12.3. The molecule has 2 aromatic rings. The molecule has 0 fully saturated rings. The second-order valence-corrected chi connectivity index (χ2v) is 10.5. The quantitative estimate of drug-likeness (QED) is 0.196. The Morgan fingerprint density at radius 3 is 1.76 bits per heavy atom. The van der Waals surface area contributed by atoms with Gasteiger partial charge >= 0.3 is 18.0 Å².